The maximum atomic E-state index is 12.2. The Morgan fingerprint density at radius 1 is 1.24 bits per heavy atom. The van der Waals surface area contributed by atoms with Crippen molar-refractivity contribution in [1.29, 1.82) is 0 Å². The topological polar surface area (TPSA) is 84.9 Å². The Labute approximate surface area is 150 Å². The van der Waals surface area contributed by atoms with Crippen LogP contribution >= 0.6 is 11.3 Å². The molecule has 134 valence electrons. The summed E-state index contributed by atoms with van der Waals surface area (Å²) in [6.07, 6.45) is 0. The second kappa shape index (κ2) is 7.03. The Bertz CT molecular complexity index is 892. The van der Waals surface area contributed by atoms with Crippen molar-refractivity contribution in [2.24, 2.45) is 0 Å². The van der Waals surface area contributed by atoms with E-state index in [1.807, 2.05) is 6.92 Å². The first-order chi connectivity index (χ1) is 11.9. The number of carbonyl (C=O) groups excluding carboxylic acids is 1. The van der Waals surface area contributed by atoms with Crippen LogP contribution in [0.2, 0.25) is 0 Å². The number of rotatable bonds is 6. The van der Waals surface area contributed by atoms with Crippen molar-refractivity contribution in [3.05, 3.63) is 35.2 Å². The summed E-state index contributed by atoms with van der Waals surface area (Å²) >= 11 is 1.21. The van der Waals surface area contributed by atoms with Gasteiger partial charge in [-0.2, -0.15) is 0 Å². The number of nitrogens with one attached hydrogen (secondary N) is 1. The van der Waals surface area contributed by atoms with Crippen LogP contribution in [0.4, 0.5) is 5.69 Å². The molecule has 1 N–H and O–H groups in total. The molecule has 0 aliphatic carbocycles. The third kappa shape index (κ3) is 3.94. The standard InChI is InChI=1S/C16H18N2O5S2/c1-11-3-6-16(24-11)25(20,21)17-7-8-18(12(2)19)13-4-5-14-15(9-13)23-10-22-14/h3-6,9,17H,7-8,10H2,1-2H3. The lowest BCUT2D eigenvalue weighted by Gasteiger charge is -2.21. The number of amides is 1. The van der Waals surface area contributed by atoms with Gasteiger partial charge in [-0.1, -0.05) is 0 Å². The molecule has 0 saturated carbocycles. The summed E-state index contributed by atoms with van der Waals surface area (Å²) in [5.41, 5.74) is 0.628. The zero-order valence-electron chi connectivity index (χ0n) is 13.8. The van der Waals surface area contributed by atoms with Gasteiger partial charge in [0.1, 0.15) is 4.21 Å². The molecule has 2 heterocycles. The summed E-state index contributed by atoms with van der Waals surface area (Å²) in [6.45, 7) is 3.74. The third-order valence-corrected chi connectivity index (χ3v) is 6.61. The molecule has 25 heavy (non-hydrogen) atoms. The summed E-state index contributed by atoms with van der Waals surface area (Å²) < 4.78 is 37.9. The number of hydrogen-bond acceptors (Lipinski definition) is 6. The zero-order valence-corrected chi connectivity index (χ0v) is 15.4. The second-order valence-corrected chi connectivity index (χ2v) is 8.75. The van der Waals surface area contributed by atoms with Gasteiger partial charge in [0, 0.05) is 36.6 Å². The minimum Gasteiger partial charge on any atom is -0.454 e. The van der Waals surface area contributed by atoms with E-state index in [2.05, 4.69) is 4.72 Å². The molecule has 1 aromatic carbocycles. The summed E-state index contributed by atoms with van der Waals surface area (Å²) in [7, 11) is -3.57. The van der Waals surface area contributed by atoms with Crippen LogP contribution in [0.15, 0.2) is 34.5 Å². The molecule has 0 radical (unpaired) electrons. The summed E-state index contributed by atoms with van der Waals surface area (Å²) in [6, 6.07) is 8.51. The molecule has 0 unspecified atom stereocenters. The Hall–Kier alpha value is -2.10. The fourth-order valence-corrected chi connectivity index (χ4v) is 4.79. The number of ether oxygens (including phenoxy) is 2. The lowest BCUT2D eigenvalue weighted by Crippen LogP contribution is -2.37. The average molecular weight is 382 g/mol. The molecule has 7 nitrogen and oxygen atoms in total. The molecule has 0 fully saturated rings. The maximum absolute atomic E-state index is 12.2. The number of aryl methyl sites for hydroxylation is 1. The zero-order chi connectivity index (χ0) is 18.0. The van der Waals surface area contributed by atoms with Crippen LogP contribution in [0.5, 0.6) is 11.5 Å². The number of thiophene rings is 1. The Morgan fingerprint density at radius 2 is 2.00 bits per heavy atom. The van der Waals surface area contributed by atoms with Gasteiger partial charge in [-0.15, -0.1) is 11.3 Å². The lowest BCUT2D eigenvalue weighted by atomic mass is 10.2. The molecule has 0 atom stereocenters. The van der Waals surface area contributed by atoms with Crippen molar-refractivity contribution in [3.63, 3.8) is 0 Å². The second-order valence-electron chi connectivity index (χ2n) is 5.47. The van der Waals surface area contributed by atoms with Crippen molar-refractivity contribution in [2.45, 2.75) is 18.1 Å². The van der Waals surface area contributed by atoms with Gasteiger partial charge in [-0.25, -0.2) is 13.1 Å². The van der Waals surface area contributed by atoms with Crippen molar-refractivity contribution in [3.8, 4) is 11.5 Å². The van der Waals surface area contributed by atoms with Gasteiger partial charge >= 0.3 is 0 Å². The SMILES string of the molecule is CC(=O)N(CCNS(=O)(=O)c1ccc(C)s1)c1ccc2c(c1)OCO2. The molecular formula is C16H18N2O5S2. The van der Waals surface area contributed by atoms with Crippen LogP contribution in [0.1, 0.15) is 11.8 Å². The number of anilines is 1. The van der Waals surface area contributed by atoms with E-state index in [4.69, 9.17) is 9.47 Å². The molecule has 0 saturated heterocycles. The van der Waals surface area contributed by atoms with Gasteiger partial charge in [0.25, 0.3) is 0 Å². The monoisotopic (exact) mass is 382 g/mol. The van der Waals surface area contributed by atoms with E-state index in [0.29, 0.717) is 17.2 Å². The van der Waals surface area contributed by atoms with E-state index in [9.17, 15) is 13.2 Å². The van der Waals surface area contributed by atoms with Crippen molar-refractivity contribution >= 4 is 33.0 Å². The van der Waals surface area contributed by atoms with E-state index < -0.39 is 10.0 Å². The molecule has 1 aliphatic rings. The van der Waals surface area contributed by atoms with Crippen LogP contribution in [0.3, 0.4) is 0 Å². The molecule has 1 aliphatic heterocycles. The number of fused-ring (bicyclic) bond motifs is 1. The predicted molar refractivity (Wildman–Crippen MR) is 94.8 cm³/mol. The highest BCUT2D eigenvalue weighted by atomic mass is 32.2. The number of nitrogens with zero attached hydrogens (tertiary/aromatic N) is 1. The van der Waals surface area contributed by atoms with E-state index in [0.717, 1.165) is 4.88 Å². The summed E-state index contributed by atoms with van der Waals surface area (Å²) in [5.74, 6) is 1.00. The highest BCUT2D eigenvalue weighted by molar-refractivity contribution is 7.91. The van der Waals surface area contributed by atoms with Crippen LogP contribution in [-0.4, -0.2) is 34.2 Å². The Balaban J connectivity index is 1.68. The van der Waals surface area contributed by atoms with Gasteiger partial charge in [0.2, 0.25) is 22.7 Å². The summed E-state index contributed by atoms with van der Waals surface area (Å²) in [4.78, 5) is 14.4. The molecule has 0 spiro atoms. The van der Waals surface area contributed by atoms with Gasteiger partial charge in [-0.3, -0.25) is 4.79 Å². The van der Waals surface area contributed by atoms with E-state index in [1.165, 1.54) is 23.2 Å². The number of sulfonamides is 1. The predicted octanol–water partition coefficient (Wildman–Crippen LogP) is 2.12. The first kappa shape index (κ1) is 17.7. The highest BCUT2D eigenvalue weighted by Crippen LogP contribution is 2.35. The van der Waals surface area contributed by atoms with Crippen LogP contribution in [0.25, 0.3) is 0 Å². The van der Waals surface area contributed by atoms with E-state index in [1.54, 1.807) is 30.3 Å². The Morgan fingerprint density at radius 3 is 2.68 bits per heavy atom. The first-order valence-corrected chi connectivity index (χ1v) is 9.90. The van der Waals surface area contributed by atoms with Gasteiger partial charge in [0.15, 0.2) is 11.5 Å². The van der Waals surface area contributed by atoms with Gasteiger partial charge < -0.3 is 14.4 Å². The van der Waals surface area contributed by atoms with Crippen molar-refractivity contribution in [1.82, 2.24) is 4.72 Å². The lowest BCUT2D eigenvalue weighted by molar-refractivity contribution is -0.116. The molecule has 1 aromatic heterocycles. The molecule has 0 bridgehead atoms. The van der Waals surface area contributed by atoms with E-state index in [-0.39, 0.29) is 30.0 Å². The molecule has 2 aromatic rings. The smallest absolute Gasteiger partial charge is 0.250 e. The highest BCUT2D eigenvalue weighted by Gasteiger charge is 2.20. The van der Waals surface area contributed by atoms with Crippen LogP contribution in [0, 0.1) is 6.92 Å². The van der Waals surface area contributed by atoms with Crippen molar-refractivity contribution < 1.29 is 22.7 Å². The average Bonchev–Trinajstić information content (AvgIpc) is 3.19. The fraction of sp³-hybridized carbons (Fsp3) is 0.312. The van der Waals surface area contributed by atoms with Gasteiger partial charge in [0.05, 0.1) is 0 Å². The summed E-state index contributed by atoms with van der Waals surface area (Å²) in [5, 5.41) is 0. The molecular weight excluding hydrogens is 364 g/mol. The minimum absolute atomic E-state index is 0.104. The van der Waals surface area contributed by atoms with Gasteiger partial charge in [-0.05, 0) is 31.2 Å². The first-order valence-electron chi connectivity index (χ1n) is 7.61. The van der Waals surface area contributed by atoms with Crippen LogP contribution in [-0.2, 0) is 14.8 Å². The quantitative estimate of drug-likeness (QED) is 0.827. The van der Waals surface area contributed by atoms with Crippen LogP contribution < -0.4 is 19.1 Å². The molecule has 3 rings (SSSR count). The number of benzene rings is 1. The number of hydrogen-bond donors (Lipinski definition) is 1. The normalized spacial score (nSPS) is 13.0. The molecule has 1 amide bonds. The van der Waals surface area contributed by atoms with Crippen molar-refractivity contribution in [2.75, 3.05) is 24.8 Å². The fourth-order valence-electron chi connectivity index (χ4n) is 2.44. The minimum atomic E-state index is -3.57. The number of carbonyl (C=O) groups is 1. The third-order valence-electron chi connectivity index (χ3n) is 3.66. The maximum Gasteiger partial charge on any atom is 0.250 e. The Kier molecular flexibility index (Phi) is 4.98. The van der Waals surface area contributed by atoms with E-state index >= 15 is 0 Å². The largest absolute Gasteiger partial charge is 0.454 e. The molecule has 9 heteroatoms.